The van der Waals surface area contributed by atoms with Gasteiger partial charge in [-0.1, -0.05) is 32.6 Å². The van der Waals surface area contributed by atoms with E-state index in [1.807, 2.05) is 0 Å². The van der Waals surface area contributed by atoms with Gasteiger partial charge < -0.3 is 5.11 Å². The number of hydrogen-bond acceptors (Lipinski definition) is 1. The Hall–Kier alpha value is -1.51. The van der Waals surface area contributed by atoms with Crippen LogP contribution in [0.25, 0.3) is 0 Å². The second-order valence-electron chi connectivity index (χ2n) is 6.62. The van der Waals surface area contributed by atoms with Gasteiger partial charge in [0.25, 0.3) is 0 Å². The zero-order valence-electron chi connectivity index (χ0n) is 15.4. The van der Waals surface area contributed by atoms with Crippen LogP contribution < -0.4 is 0 Å². The number of halogens is 14. The molecule has 0 aromatic rings. The Balaban J connectivity index is 6.17. The van der Waals surface area contributed by atoms with E-state index in [0.29, 0.717) is 12.8 Å². The zero-order chi connectivity index (χ0) is 25.3. The van der Waals surface area contributed by atoms with Gasteiger partial charge in [-0.2, -0.15) is 61.5 Å². The highest BCUT2D eigenvalue weighted by Gasteiger charge is 2.93. The van der Waals surface area contributed by atoms with E-state index in [9.17, 15) is 66.3 Å². The van der Waals surface area contributed by atoms with Crippen molar-refractivity contribution in [2.24, 2.45) is 0 Å². The molecule has 0 aliphatic rings. The number of carboxylic acids is 1. The molecule has 0 saturated carbocycles. The monoisotopic (exact) mass is 494 g/mol. The van der Waals surface area contributed by atoms with Crippen molar-refractivity contribution in [3.8, 4) is 0 Å². The van der Waals surface area contributed by atoms with Gasteiger partial charge in [0.1, 0.15) is 0 Å². The first kappa shape index (κ1) is 29.5. The molecule has 0 atom stereocenters. The Bertz CT molecular complexity index is 629. The molecule has 0 bridgehead atoms. The first-order chi connectivity index (χ1) is 13.5. The summed E-state index contributed by atoms with van der Waals surface area (Å²) in [6.07, 6.45) is -2.49. The molecule has 0 unspecified atom stereocenters. The van der Waals surface area contributed by atoms with Crippen LogP contribution in [0.4, 0.5) is 61.5 Å². The summed E-state index contributed by atoms with van der Waals surface area (Å²) in [4.78, 5) is 9.98. The molecule has 0 spiro atoms. The van der Waals surface area contributed by atoms with Crippen LogP contribution in [0.1, 0.15) is 45.4 Å². The predicted octanol–water partition coefficient (Wildman–Crippen LogP) is 6.88. The smallest absolute Gasteiger partial charge is 0.410 e. The molecular formula is C15H16F14O2. The number of alkyl halides is 14. The summed E-state index contributed by atoms with van der Waals surface area (Å²) in [5, 5.41) is 7.79. The van der Waals surface area contributed by atoms with E-state index in [1.54, 1.807) is 6.92 Å². The van der Waals surface area contributed by atoms with Gasteiger partial charge in [-0.3, -0.25) is 0 Å². The molecule has 0 aromatic heterocycles. The fourth-order valence-corrected chi connectivity index (χ4v) is 2.26. The predicted molar refractivity (Wildman–Crippen MR) is 75.6 cm³/mol. The molecule has 0 aliphatic heterocycles. The van der Waals surface area contributed by atoms with Gasteiger partial charge in [0.05, 0.1) is 0 Å². The summed E-state index contributed by atoms with van der Waals surface area (Å²) >= 11 is 0. The fraction of sp³-hybridized carbons (Fsp3) is 0.933. The zero-order valence-corrected chi connectivity index (χ0v) is 15.4. The van der Waals surface area contributed by atoms with Gasteiger partial charge >= 0.3 is 47.4 Å². The number of carboxylic acid groups (broad SMARTS) is 1. The van der Waals surface area contributed by atoms with Crippen molar-refractivity contribution in [2.75, 3.05) is 0 Å². The minimum absolute atomic E-state index is 0.124. The molecule has 16 heteroatoms. The Kier molecular flexibility index (Phi) is 8.36. The second-order valence-corrected chi connectivity index (χ2v) is 6.62. The Labute approximate surface area is 165 Å². The molecule has 0 heterocycles. The van der Waals surface area contributed by atoms with Crippen LogP contribution in [0.3, 0.4) is 0 Å². The SMILES string of the molecule is CCCCCCCC(F)(F)C(F)(F)C(F)(F)C(F)(F)C(F)(F)C(F)(F)C(F)(F)C(=O)O. The van der Waals surface area contributed by atoms with E-state index in [-0.39, 0.29) is 12.8 Å². The molecule has 0 aliphatic carbocycles. The van der Waals surface area contributed by atoms with Crippen molar-refractivity contribution < 1.29 is 71.4 Å². The summed E-state index contributed by atoms with van der Waals surface area (Å²) in [5.74, 6) is -57.2. The average molecular weight is 494 g/mol. The van der Waals surface area contributed by atoms with Crippen molar-refractivity contribution in [1.29, 1.82) is 0 Å². The maximum Gasteiger partial charge on any atom is 0.410 e. The number of carbonyl (C=O) groups is 1. The highest BCUT2D eigenvalue weighted by atomic mass is 19.4. The van der Waals surface area contributed by atoms with E-state index in [4.69, 9.17) is 5.11 Å². The summed E-state index contributed by atoms with van der Waals surface area (Å²) in [7, 11) is 0. The van der Waals surface area contributed by atoms with Gasteiger partial charge in [0, 0.05) is 6.42 Å². The quantitative estimate of drug-likeness (QED) is 0.224. The molecule has 31 heavy (non-hydrogen) atoms. The van der Waals surface area contributed by atoms with Crippen LogP contribution in [0.15, 0.2) is 0 Å². The molecule has 0 amide bonds. The van der Waals surface area contributed by atoms with E-state index in [0.717, 1.165) is 0 Å². The molecule has 0 saturated heterocycles. The van der Waals surface area contributed by atoms with Crippen molar-refractivity contribution >= 4 is 5.97 Å². The fourth-order valence-electron chi connectivity index (χ4n) is 2.26. The lowest BCUT2D eigenvalue weighted by Gasteiger charge is -2.42. The van der Waals surface area contributed by atoms with Crippen LogP contribution in [-0.4, -0.2) is 52.5 Å². The van der Waals surface area contributed by atoms with Gasteiger partial charge in [0.15, 0.2) is 0 Å². The molecule has 0 fully saturated rings. The van der Waals surface area contributed by atoms with Crippen LogP contribution >= 0.6 is 0 Å². The molecule has 0 radical (unpaired) electrons. The molecule has 0 rings (SSSR count). The van der Waals surface area contributed by atoms with E-state index in [1.165, 1.54) is 0 Å². The van der Waals surface area contributed by atoms with Crippen molar-refractivity contribution in [3.63, 3.8) is 0 Å². The summed E-state index contributed by atoms with van der Waals surface area (Å²) in [5.41, 5.74) is 0. The normalized spacial score (nSPS) is 15.3. The third kappa shape index (κ3) is 4.52. The summed E-state index contributed by atoms with van der Waals surface area (Å²) < 4.78 is 187. The van der Waals surface area contributed by atoms with E-state index < -0.39 is 60.3 Å². The molecule has 2 nitrogen and oxygen atoms in total. The maximum absolute atomic E-state index is 13.6. The Morgan fingerprint density at radius 2 is 0.935 bits per heavy atom. The van der Waals surface area contributed by atoms with Crippen molar-refractivity contribution in [1.82, 2.24) is 0 Å². The third-order valence-corrected chi connectivity index (χ3v) is 4.29. The minimum atomic E-state index is -8.24. The second kappa shape index (κ2) is 8.79. The summed E-state index contributed by atoms with van der Waals surface area (Å²) in [6.45, 7) is 1.63. The number of unbranched alkanes of at least 4 members (excludes halogenated alkanes) is 4. The van der Waals surface area contributed by atoms with Gasteiger partial charge in [-0.05, 0) is 6.42 Å². The van der Waals surface area contributed by atoms with Crippen molar-refractivity contribution in [2.45, 2.75) is 86.9 Å². The van der Waals surface area contributed by atoms with Crippen LogP contribution in [0, 0.1) is 0 Å². The summed E-state index contributed by atoms with van der Waals surface area (Å²) in [6, 6.07) is 0. The molecule has 1 N–H and O–H groups in total. The number of rotatable bonds is 13. The molecule has 186 valence electrons. The van der Waals surface area contributed by atoms with Crippen LogP contribution in [0.2, 0.25) is 0 Å². The largest absolute Gasteiger partial charge is 0.477 e. The number of hydrogen-bond donors (Lipinski definition) is 1. The lowest BCUT2D eigenvalue weighted by molar-refractivity contribution is -0.438. The first-order valence-corrected chi connectivity index (χ1v) is 8.38. The molecule has 0 aromatic carbocycles. The maximum atomic E-state index is 13.6. The van der Waals surface area contributed by atoms with Crippen LogP contribution in [0.5, 0.6) is 0 Å². The van der Waals surface area contributed by atoms with Crippen molar-refractivity contribution in [3.05, 3.63) is 0 Å². The highest BCUT2D eigenvalue weighted by Crippen LogP contribution is 2.62. The average Bonchev–Trinajstić information content (AvgIpc) is 2.60. The van der Waals surface area contributed by atoms with E-state index in [2.05, 4.69) is 0 Å². The topological polar surface area (TPSA) is 37.3 Å². The standard InChI is InChI=1S/C15H16F14O2/c1-2-3-4-5-6-7-9(16,17)11(20,21)13(24,25)15(28,29)14(26,27)12(22,23)10(18,19)8(30)31/h2-7H2,1H3,(H,30,31). The van der Waals surface area contributed by atoms with Gasteiger partial charge in [-0.25, -0.2) is 4.79 Å². The van der Waals surface area contributed by atoms with Gasteiger partial charge in [0.2, 0.25) is 0 Å². The first-order valence-electron chi connectivity index (χ1n) is 8.38. The lowest BCUT2D eigenvalue weighted by Crippen LogP contribution is -2.73. The Morgan fingerprint density at radius 1 is 0.581 bits per heavy atom. The number of aliphatic carboxylic acids is 1. The van der Waals surface area contributed by atoms with Gasteiger partial charge in [-0.15, -0.1) is 0 Å². The lowest BCUT2D eigenvalue weighted by atomic mass is 9.88. The minimum Gasteiger partial charge on any atom is -0.477 e. The highest BCUT2D eigenvalue weighted by molar-refractivity contribution is 5.77. The van der Waals surface area contributed by atoms with E-state index >= 15 is 0 Å². The van der Waals surface area contributed by atoms with Crippen LogP contribution in [-0.2, 0) is 4.79 Å². The third-order valence-electron chi connectivity index (χ3n) is 4.29. The molecular weight excluding hydrogens is 478 g/mol. The Morgan fingerprint density at radius 3 is 1.32 bits per heavy atom.